The summed E-state index contributed by atoms with van der Waals surface area (Å²) in [6.07, 6.45) is 1.71. The fraction of sp³-hybridized carbons (Fsp3) is 0.176. The minimum Gasteiger partial charge on any atom is -0.491 e. The van der Waals surface area contributed by atoms with Crippen LogP contribution in [0.15, 0.2) is 59.5 Å². The van der Waals surface area contributed by atoms with Gasteiger partial charge in [-0.2, -0.15) is 5.10 Å². The Bertz CT molecular complexity index is 824. The third-order valence-corrected chi connectivity index (χ3v) is 3.42. The van der Waals surface area contributed by atoms with Gasteiger partial charge in [-0.1, -0.05) is 36.4 Å². The molecular weight excluding hydrogens is 264 g/mol. The molecule has 106 valence electrons. The zero-order chi connectivity index (χ0) is 14.7. The number of fused-ring (bicyclic) bond motifs is 1. The molecule has 3 aromatic rings. The first kappa shape index (κ1) is 13.4. The minimum absolute atomic E-state index is 0.0820. The third-order valence-electron chi connectivity index (χ3n) is 3.42. The van der Waals surface area contributed by atoms with Crippen molar-refractivity contribution in [3.05, 3.63) is 70.6 Å². The van der Waals surface area contributed by atoms with Gasteiger partial charge in [0.25, 0.3) is 5.56 Å². The summed E-state index contributed by atoms with van der Waals surface area (Å²) in [6, 6.07) is 15.3. The van der Waals surface area contributed by atoms with Gasteiger partial charge in [0.15, 0.2) is 0 Å². The van der Waals surface area contributed by atoms with Gasteiger partial charge in [0.1, 0.15) is 12.4 Å². The van der Waals surface area contributed by atoms with Crippen molar-refractivity contribution in [2.75, 3.05) is 6.61 Å². The highest BCUT2D eigenvalue weighted by molar-refractivity contribution is 5.80. The number of para-hydroxylation sites is 1. The lowest BCUT2D eigenvalue weighted by atomic mass is 10.2. The molecule has 0 unspecified atom stereocenters. The van der Waals surface area contributed by atoms with Gasteiger partial charge in [-0.15, -0.1) is 0 Å². The topological polar surface area (TPSA) is 44.1 Å². The second kappa shape index (κ2) is 5.79. The van der Waals surface area contributed by atoms with Crippen LogP contribution in [-0.4, -0.2) is 16.4 Å². The van der Waals surface area contributed by atoms with E-state index in [0.29, 0.717) is 18.5 Å². The molecule has 2 aromatic carbocycles. The molecule has 0 aliphatic heterocycles. The molecular formula is C17H16N2O2. The zero-order valence-corrected chi connectivity index (χ0v) is 11.8. The van der Waals surface area contributed by atoms with Gasteiger partial charge in [0.2, 0.25) is 0 Å². The molecule has 0 radical (unpaired) electrons. The number of aryl methyl sites for hydroxylation is 1. The standard InChI is InChI=1S/C17H16N2O2/c1-13-6-2-5-9-16(13)21-11-10-19-17(20)15-8-4-3-7-14(15)12-18-19/h2-9,12H,10-11H2,1H3. The van der Waals surface area contributed by atoms with Crippen LogP contribution in [0.2, 0.25) is 0 Å². The Hall–Kier alpha value is -2.62. The van der Waals surface area contributed by atoms with Gasteiger partial charge in [-0.25, -0.2) is 4.68 Å². The van der Waals surface area contributed by atoms with Crippen molar-refractivity contribution in [1.29, 1.82) is 0 Å². The second-order valence-corrected chi connectivity index (χ2v) is 4.87. The van der Waals surface area contributed by atoms with E-state index in [0.717, 1.165) is 16.7 Å². The average Bonchev–Trinajstić information content (AvgIpc) is 2.52. The van der Waals surface area contributed by atoms with E-state index < -0.39 is 0 Å². The summed E-state index contributed by atoms with van der Waals surface area (Å²) >= 11 is 0. The van der Waals surface area contributed by atoms with Gasteiger partial charge in [0.05, 0.1) is 18.1 Å². The Balaban J connectivity index is 1.76. The second-order valence-electron chi connectivity index (χ2n) is 4.87. The van der Waals surface area contributed by atoms with Crippen molar-refractivity contribution in [2.45, 2.75) is 13.5 Å². The van der Waals surface area contributed by atoms with Crippen LogP contribution in [0.25, 0.3) is 10.8 Å². The van der Waals surface area contributed by atoms with Crippen molar-refractivity contribution >= 4 is 10.8 Å². The lowest BCUT2D eigenvalue weighted by molar-refractivity contribution is 0.286. The van der Waals surface area contributed by atoms with E-state index in [1.807, 2.05) is 55.5 Å². The number of hydrogen-bond donors (Lipinski definition) is 0. The van der Waals surface area contributed by atoms with Crippen molar-refractivity contribution in [3.63, 3.8) is 0 Å². The fourth-order valence-electron chi connectivity index (χ4n) is 2.25. The maximum absolute atomic E-state index is 12.3. The molecule has 0 amide bonds. The molecule has 0 aliphatic carbocycles. The van der Waals surface area contributed by atoms with Gasteiger partial charge in [0, 0.05) is 5.39 Å². The van der Waals surface area contributed by atoms with Crippen molar-refractivity contribution in [3.8, 4) is 5.75 Å². The van der Waals surface area contributed by atoms with Crippen molar-refractivity contribution < 1.29 is 4.74 Å². The molecule has 0 N–H and O–H groups in total. The average molecular weight is 280 g/mol. The number of benzene rings is 2. The molecule has 21 heavy (non-hydrogen) atoms. The van der Waals surface area contributed by atoms with Gasteiger partial charge in [-0.05, 0) is 24.6 Å². The summed E-state index contributed by atoms with van der Waals surface area (Å²) in [5.74, 6) is 0.839. The first-order chi connectivity index (χ1) is 10.3. The Morgan fingerprint density at radius 3 is 2.71 bits per heavy atom. The number of rotatable bonds is 4. The van der Waals surface area contributed by atoms with E-state index in [1.165, 1.54) is 4.68 Å². The highest BCUT2D eigenvalue weighted by Gasteiger charge is 2.04. The smallest absolute Gasteiger partial charge is 0.274 e. The highest BCUT2D eigenvalue weighted by atomic mass is 16.5. The van der Waals surface area contributed by atoms with Gasteiger partial charge >= 0.3 is 0 Å². The zero-order valence-electron chi connectivity index (χ0n) is 11.8. The molecule has 0 spiro atoms. The SMILES string of the molecule is Cc1ccccc1OCCn1ncc2ccccc2c1=O. The lowest BCUT2D eigenvalue weighted by Crippen LogP contribution is -2.25. The molecule has 1 aromatic heterocycles. The van der Waals surface area contributed by atoms with E-state index in [2.05, 4.69) is 5.10 Å². The fourth-order valence-corrected chi connectivity index (χ4v) is 2.25. The van der Waals surface area contributed by atoms with E-state index in [-0.39, 0.29) is 5.56 Å². The predicted octanol–water partition coefficient (Wildman–Crippen LogP) is 2.78. The Kier molecular flexibility index (Phi) is 3.69. The van der Waals surface area contributed by atoms with E-state index >= 15 is 0 Å². The predicted molar refractivity (Wildman–Crippen MR) is 82.7 cm³/mol. The Labute approximate surface area is 122 Å². The van der Waals surface area contributed by atoms with Crippen LogP contribution in [-0.2, 0) is 6.54 Å². The maximum atomic E-state index is 12.3. The summed E-state index contributed by atoms with van der Waals surface area (Å²) in [7, 11) is 0. The largest absolute Gasteiger partial charge is 0.491 e. The normalized spacial score (nSPS) is 10.7. The van der Waals surface area contributed by atoms with Crippen LogP contribution in [0, 0.1) is 6.92 Å². The van der Waals surface area contributed by atoms with Gasteiger partial charge < -0.3 is 4.74 Å². The molecule has 0 saturated heterocycles. The molecule has 0 bridgehead atoms. The molecule has 0 aliphatic rings. The molecule has 1 heterocycles. The number of aromatic nitrogens is 2. The van der Waals surface area contributed by atoms with E-state index in [4.69, 9.17) is 4.74 Å². The Morgan fingerprint density at radius 2 is 1.86 bits per heavy atom. The number of ether oxygens (including phenoxy) is 1. The molecule has 4 nitrogen and oxygen atoms in total. The maximum Gasteiger partial charge on any atom is 0.274 e. The first-order valence-corrected chi connectivity index (χ1v) is 6.89. The summed E-state index contributed by atoms with van der Waals surface area (Å²) in [4.78, 5) is 12.3. The lowest BCUT2D eigenvalue weighted by Gasteiger charge is -2.10. The third kappa shape index (κ3) is 2.79. The summed E-state index contributed by atoms with van der Waals surface area (Å²) in [6.45, 7) is 2.84. The van der Waals surface area contributed by atoms with E-state index in [9.17, 15) is 4.79 Å². The molecule has 0 atom stereocenters. The van der Waals surface area contributed by atoms with Crippen LogP contribution in [0.1, 0.15) is 5.56 Å². The monoisotopic (exact) mass is 280 g/mol. The molecule has 4 heteroatoms. The summed E-state index contributed by atoms with van der Waals surface area (Å²) in [5.41, 5.74) is 0.998. The van der Waals surface area contributed by atoms with E-state index in [1.54, 1.807) is 6.20 Å². The summed E-state index contributed by atoms with van der Waals surface area (Å²) < 4.78 is 7.15. The van der Waals surface area contributed by atoms with Gasteiger partial charge in [-0.3, -0.25) is 4.79 Å². The molecule has 3 rings (SSSR count). The van der Waals surface area contributed by atoms with Crippen LogP contribution < -0.4 is 10.3 Å². The quantitative estimate of drug-likeness (QED) is 0.738. The van der Waals surface area contributed by atoms with Crippen LogP contribution >= 0.6 is 0 Å². The van der Waals surface area contributed by atoms with Crippen LogP contribution in [0.5, 0.6) is 5.75 Å². The Morgan fingerprint density at radius 1 is 1.10 bits per heavy atom. The highest BCUT2D eigenvalue weighted by Crippen LogP contribution is 2.15. The number of hydrogen-bond acceptors (Lipinski definition) is 3. The summed E-state index contributed by atoms with van der Waals surface area (Å²) in [5, 5.41) is 5.73. The van der Waals surface area contributed by atoms with Crippen LogP contribution in [0.4, 0.5) is 0 Å². The van der Waals surface area contributed by atoms with Crippen molar-refractivity contribution in [2.24, 2.45) is 0 Å². The number of nitrogens with zero attached hydrogens (tertiary/aromatic N) is 2. The van der Waals surface area contributed by atoms with Crippen molar-refractivity contribution in [1.82, 2.24) is 9.78 Å². The molecule has 0 saturated carbocycles. The first-order valence-electron chi connectivity index (χ1n) is 6.89. The minimum atomic E-state index is -0.0820. The van der Waals surface area contributed by atoms with Crippen LogP contribution in [0.3, 0.4) is 0 Å². The molecule has 0 fully saturated rings.